The van der Waals surface area contributed by atoms with Crippen LogP contribution in [0.2, 0.25) is 0 Å². The van der Waals surface area contributed by atoms with Crippen molar-refractivity contribution in [3.63, 3.8) is 0 Å². The SMILES string of the molecule is C=c1cc(OCCOC)cc(F)/c1=C(/N=C\C)Nc1ccc(NC(=O)CC=O)cc1.CNCC1CCCCC1. The molecule has 9 heteroatoms. The molecule has 0 radical (unpaired) electrons. The monoisotopic (exact) mass is 540 g/mol. The van der Waals surface area contributed by atoms with Crippen molar-refractivity contribution in [3.05, 3.63) is 52.7 Å². The summed E-state index contributed by atoms with van der Waals surface area (Å²) in [5.41, 5.74) is 1.16. The fourth-order valence-electron chi connectivity index (χ4n) is 4.26. The molecule has 1 amide bonds. The quantitative estimate of drug-likeness (QED) is 0.164. The summed E-state index contributed by atoms with van der Waals surface area (Å²) in [4.78, 5) is 26.1. The molecule has 0 atom stereocenters. The Hall–Kier alpha value is -3.56. The number of nitrogens with zero attached hydrogens (tertiary/aromatic N) is 1. The summed E-state index contributed by atoms with van der Waals surface area (Å²) in [5.74, 6) is 0.698. The third kappa shape index (κ3) is 11.4. The minimum Gasteiger partial charge on any atom is -0.491 e. The Labute approximate surface area is 230 Å². The summed E-state index contributed by atoms with van der Waals surface area (Å²) in [6, 6.07) is 9.62. The molecule has 1 aliphatic rings. The number of aliphatic imine (C=N–C) groups is 1. The van der Waals surface area contributed by atoms with Gasteiger partial charge in [0.1, 0.15) is 30.3 Å². The van der Waals surface area contributed by atoms with Crippen molar-refractivity contribution in [1.82, 2.24) is 5.32 Å². The molecule has 39 heavy (non-hydrogen) atoms. The van der Waals surface area contributed by atoms with Gasteiger partial charge >= 0.3 is 0 Å². The van der Waals surface area contributed by atoms with Gasteiger partial charge in [0, 0.05) is 30.8 Å². The van der Waals surface area contributed by atoms with Crippen LogP contribution >= 0.6 is 0 Å². The summed E-state index contributed by atoms with van der Waals surface area (Å²) < 4.78 is 25.2. The number of carbonyl (C=O) groups excluding carboxylic acids is 2. The van der Waals surface area contributed by atoms with Gasteiger partial charge in [0.2, 0.25) is 5.91 Å². The fraction of sp³-hybridized carbons (Fsp3) is 0.433. The molecule has 0 aliphatic heterocycles. The van der Waals surface area contributed by atoms with Crippen LogP contribution in [0.5, 0.6) is 5.75 Å². The highest BCUT2D eigenvalue weighted by molar-refractivity contribution is 5.98. The number of amides is 1. The summed E-state index contributed by atoms with van der Waals surface area (Å²) in [7, 11) is 3.61. The van der Waals surface area contributed by atoms with Crippen LogP contribution in [0, 0.1) is 11.7 Å². The number of hydrogen-bond acceptors (Lipinski definition) is 7. The number of halogens is 1. The third-order valence-corrected chi connectivity index (χ3v) is 6.11. The predicted octanol–water partition coefficient (Wildman–Crippen LogP) is 3.84. The topological polar surface area (TPSA) is 101 Å². The lowest BCUT2D eigenvalue weighted by Crippen LogP contribution is -2.31. The molecule has 1 saturated carbocycles. The molecule has 3 rings (SSSR count). The molecule has 0 unspecified atom stereocenters. The molecule has 1 fully saturated rings. The van der Waals surface area contributed by atoms with Crippen LogP contribution in [0.3, 0.4) is 0 Å². The van der Waals surface area contributed by atoms with Crippen LogP contribution in [0.15, 0.2) is 41.4 Å². The maximum absolute atomic E-state index is 14.8. The van der Waals surface area contributed by atoms with Crippen molar-refractivity contribution in [2.75, 3.05) is 44.5 Å². The van der Waals surface area contributed by atoms with E-state index in [2.05, 4.69) is 34.6 Å². The summed E-state index contributed by atoms with van der Waals surface area (Å²) in [5, 5.41) is 9.53. The number of hydrogen-bond donors (Lipinski definition) is 3. The Balaban J connectivity index is 0.000000499. The first-order chi connectivity index (χ1) is 18.9. The first kappa shape index (κ1) is 31.7. The molecule has 0 aromatic heterocycles. The van der Waals surface area contributed by atoms with E-state index in [0.29, 0.717) is 41.8 Å². The van der Waals surface area contributed by atoms with Gasteiger partial charge in [0.25, 0.3) is 0 Å². The predicted molar refractivity (Wildman–Crippen MR) is 156 cm³/mol. The maximum atomic E-state index is 14.8. The lowest BCUT2D eigenvalue weighted by molar-refractivity contribution is -0.119. The van der Waals surface area contributed by atoms with Crippen LogP contribution in [0.4, 0.5) is 15.8 Å². The Morgan fingerprint density at radius 1 is 1.10 bits per heavy atom. The third-order valence-electron chi connectivity index (χ3n) is 6.11. The number of ether oxygens (including phenoxy) is 2. The van der Waals surface area contributed by atoms with Gasteiger partial charge in [-0.15, -0.1) is 0 Å². The molecule has 0 saturated heterocycles. The zero-order chi connectivity index (χ0) is 28.5. The molecule has 0 bridgehead atoms. The number of anilines is 2. The van der Waals surface area contributed by atoms with Crippen LogP contribution in [-0.4, -0.2) is 52.3 Å². The van der Waals surface area contributed by atoms with Gasteiger partial charge in [0.15, 0.2) is 0 Å². The summed E-state index contributed by atoms with van der Waals surface area (Å²) in [6.45, 7) is 7.56. The molecule has 212 valence electrons. The standard InChI is InChI=1S/C22H24FN3O4.C8H17N/c1-4-24-22(21-15(2)13-18(14-19(21)23)30-12-11-29-3)26-17-7-5-16(6-8-17)25-20(28)9-10-27;1-9-7-8-5-3-2-4-6-8/h4-8,10,13-14,26H,2,9,11-12H2,1,3H3,(H,25,28);8-9H,2-7H2,1H3/b22-21-,24-4-;. The number of benzene rings is 2. The minimum absolute atomic E-state index is 0.208. The highest BCUT2D eigenvalue weighted by atomic mass is 19.1. The molecule has 2 aromatic rings. The summed E-state index contributed by atoms with van der Waals surface area (Å²) >= 11 is 0. The lowest BCUT2D eigenvalue weighted by Gasteiger charge is -2.20. The number of carbonyl (C=O) groups is 2. The van der Waals surface area contributed by atoms with Crippen molar-refractivity contribution in [2.45, 2.75) is 45.4 Å². The number of rotatable bonds is 12. The molecule has 8 nitrogen and oxygen atoms in total. The van der Waals surface area contributed by atoms with Crippen molar-refractivity contribution in [2.24, 2.45) is 10.9 Å². The average molecular weight is 541 g/mol. The minimum atomic E-state index is -0.527. The normalized spacial score (nSPS) is 14.3. The fourth-order valence-corrected chi connectivity index (χ4v) is 4.26. The van der Waals surface area contributed by atoms with Crippen LogP contribution in [0.1, 0.15) is 45.4 Å². The van der Waals surface area contributed by atoms with Gasteiger partial charge in [-0.1, -0.05) is 25.8 Å². The van der Waals surface area contributed by atoms with Crippen molar-refractivity contribution < 1.29 is 23.5 Å². The van der Waals surface area contributed by atoms with E-state index in [-0.39, 0.29) is 17.5 Å². The Kier molecular flexibility index (Phi) is 14.5. The second-order valence-electron chi connectivity index (χ2n) is 9.20. The molecule has 0 spiro atoms. The van der Waals surface area contributed by atoms with E-state index in [9.17, 15) is 14.0 Å². The number of nitrogens with one attached hydrogen (secondary N) is 3. The molecule has 3 N–H and O–H groups in total. The van der Waals surface area contributed by atoms with E-state index in [0.717, 1.165) is 5.92 Å². The maximum Gasteiger partial charge on any atom is 0.231 e. The smallest absolute Gasteiger partial charge is 0.231 e. The zero-order valence-corrected chi connectivity index (χ0v) is 23.2. The van der Waals surface area contributed by atoms with Gasteiger partial charge in [-0.05, 0) is 74.8 Å². The zero-order valence-electron chi connectivity index (χ0n) is 23.2. The van der Waals surface area contributed by atoms with E-state index in [1.165, 1.54) is 50.9 Å². The second kappa shape index (κ2) is 17.9. The molecule has 0 heterocycles. The highest BCUT2D eigenvalue weighted by Gasteiger charge is 2.11. The van der Waals surface area contributed by atoms with Crippen molar-refractivity contribution in [1.29, 1.82) is 0 Å². The first-order valence-corrected chi connectivity index (χ1v) is 13.3. The van der Waals surface area contributed by atoms with E-state index >= 15 is 0 Å². The van der Waals surface area contributed by atoms with Gasteiger partial charge in [-0.2, -0.15) is 0 Å². The van der Waals surface area contributed by atoms with Gasteiger partial charge in [0.05, 0.1) is 18.2 Å². The van der Waals surface area contributed by atoms with Gasteiger partial charge in [-0.3, -0.25) is 4.79 Å². The Bertz CT molecular complexity index is 1180. The Morgan fingerprint density at radius 2 is 1.77 bits per heavy atom. The first-order valence-electron chi connectivity index (χ1n) is 13.3. The van der Waals surface area contributed by atoms with Gasteiger partial charge in [-0.25, -0.2) is 9.38 Å². The van der Waals surface area contributed by atoms with E-state index in [1.807, 2.05) is 0 Å². The van der Waals surface area contributed by atoms with Crippen LogP contribution in [0.25, 0.3) is 12.4 Å². The van der Waals surface area contributed by atoms with Gasteiger partial charge < -0.3 is 30.2 Å². The molecular formula is C30H41FN4O4. The molecular weight excluding hydrogens is 499 g/mol. The van der Waals surface area contributed by atoms with E-state index < -0.39 is 11.7 Å². The largest absolute Gasteiger partial charge is 0.491 e. The van der Waals surface area contributed by atoms with E-state index in [1.54, 1.807) is 44.4 Å². The lowest BCUT2D eigenvalue weighted by atomic mass is 9.89. The molecule has 1 aliphatic carbocycles. The second-order valence-corrected chi connectivity index (χ2v) is 9.20. The number of aldehydes is 1. The van der Waals surface area contributed by atoms with Crippen LogP contribution < -0.4 is 31.1 Å². The Morgan fingerprint density at radius 3 is 2.33 bits per heavy atom. The molecule has 2 aromatic carbocycles. The number of methoxy groups -OCH3 is 1. The average Bonchev–Trinajstić information content (AvgIpc) is 2.91. The highest BCUT2D eigenvalue weighted by Crippen LogP contribution is 2.22. The van der Waals surface area contributed by atoms with Crippen molar-refractivity contribution in [3.8, 4) is 5.75 Å². The van der Waals surface area contributed by atoms with Crippen LogP contribution in [-0.2, 0) is 14.3 Å². The van der Waals surface area contributed by atoms with E-state index in [4.69, 9.17) is 9.47 Å². The van der Waals surface area contributed by atoms with Crippen molar-refractivity contribution >= 4 is 42.2 Å². The summed E-state index contributed by atoms with van der Waals surface area (Å²) in [6.07, 6.45) is 9.19.